The summed E-state index contributed by atoms with van der Waals surface area (Å²) in [4.78, 5) is 19.9. The van der Waals surface area contributed by atoms with Gasteiger partial charge in [0.1, 0.15) is 5.82 Å². The van der Waals surface area contributed by atoms with Crippen molar-refractivity contribution in [3.05, 3.63) is 47.4 Å². The first-order chi connectivity index (χ1) is 15.3. The molecule has 0 saturated carbocycles. The lowest BCUT2D eigenvalue weighted by Gasteiger charge is -2.27. The van der Waals surface area contributed by atoms with Crippen LogP contribution in [0.4, 0.5) is 4.39 Å². The Labute approximate surface area is 184 Å². The number of hydrogen-bond donors (Lipinski definition) is 0. The summed E-state index contributed by atoms with van der Waals surface area (Å²) in [7, 11) is -3.15. The first-order valence-electron chi connectivity index (χ1n) is 10.6. The molecule has 1 atom stereocenters. The van der Waals surface area contributed by atoms with Crippen molar-refractivity contribution in [3.63, 3.8) is 0 Å². The maximum absolute atomic E-state index is 14.6. The highest BCUT2D eigenvalue weighted by atomic mass is 32.2. The highest BCUT2D eigenvalue weighted by Gasteiger charge is 2.33. The van der Waals surface area contributed by atoms with Crippen molar-refractivity contribution in [1.82, 2.24) is 19.7 Å². The number of carbonyl (C=O) groups excluding carboxylic acids is 1. The van der Waals surface area contributed by atoms with Crippen LogP contribution in [-0.2, 0) is 14.6 Å². The van der Waals surface area contributed by atoms with Gasteiger partial charge in [-0.2, -0.15) is 5.10 Å². The standard InChI is InChI=1S/C22H23FN4O4S/c1-14-20-17(22(28)26-7-9-31-10-8-26)12-19(16-4-2-3-5-18(16)23)24-21(20)27(25-14)15-6-11-32(29,30)13-15/h2-5,12,15H,6-11,13H2,1H3. The molecule has 8 nitrogen and oxygen atoms in total. The van der Waals surface area contributed by atoms with E-state index in [-0.39, 0.29) is 29.0 Å². The van der Waals surface area contributed by atoms with Gasteiger partial charge in [0.15, 0.2) is 15.5 Å². The molecule has 10 heteroatoms. The molecule has 4 heterocycles. The predicted octanol–water partition coefficient (Wildman–Crippen LogP) is 2.38. The zero-order valence-electron chi connectivity index (χ0n) is 17.6. The topological polar surface area (TPSA) is 94.4 Å². The minimum Gasteiger partial charge on any atom is -0.378 e. The SMILES string of the molecule is Cc1nn(C2CCS(=O)(=O)C2)c2nc(-c3ccccc3F)cc(C(=O)N3CCOCC3)c12. The Morgan fingerprint density at radius 1 is 1.22 bits per heavy atom. The van der Waals surface area contributed by atoms with E-state index < -0.39 is 15.7 Å². The number of nitrogens with zero attached hydrogens (tertiary/aromatic N) is 4. The molecule has 1 aromatic carbocycles. The van der Waals surface area contributed by atoms with Crippen LogP contribution in [0.2, 0.25) is 0 Å². The van der Waals surface area contributed by atoms with Crippen LogP contribution in [0.3, 0.4) is 0 Å². The van der Waals surface area contributed by atoms with Gasteiger partial charge in [0, 0.05) is 18.7 Å². The summed E-state index contributed by atoms with van der Waals surface area (Å²) in [5.41, 5.74) is 1.97. The number of aryl methyl sites for hydroxylation is 1. The monoisotopic (exact) mass is 458 g/mol. The smallest absolute Gasteiger partial charge is 0.254 e. The van der Waals surface area contributed by atoms with Gasteiger partial charge in [0.25, 0.3) is 5.91 Å². The van der Waals surface area contributed by atoms with Gasteiger partial charge in [-0.15, -0.1) is 0 Å². The largest absolute Gasteiger partial charge is 0.378 e. The number of aromatic nitrogens is 3. The van der Waals surface area contributed by atoms with Gasteiger partial charge in [-0.3, -0.25) is 4.79 Å². The third kappa shape index (κ3) is 3.67. The van der Waals surface area contributed by atoms with Gasteiger partial charge >= 0.3 is 0 Å². The number of sulfone groups is 1. The van der Waals surface area contributed by atoms with Crippen molar-refractivity contribution in [2.24, 2.45) is 0 Å². The molecule has 1 amide bonds. The molecule has 5 rings (SSSR count). The van der Waals surface area contributed by atoms with Crippen molar-refractivity contribution >= 4 is 26.8 Å². The quantitative estimate of drug-likeness (QED) is 0.598. The molecule has 0 bridgehead atoms. The lowest BCUT2D eigenvalue weighted by atomic mass is 10.0. The number of benzene rings is 1. The normalized spacial score (nSPS) is 20.7. The fourth-order valence-corrected chi connectivity index (χ4v) is 6.14. The fourth-order valence-electron chi connectivity index (χ4n) is 4.45. The molecule has 2 aromatic heterocycles. The van der Waals surface area contributed by atoms with Gasteiger partial charge in [-0.1, -0.05) is 12.1 Å². The van der Waals surface area contributed by atoms with E-state index >= 15 is 0 Å². The number of halogens is 1. The van der Waals surface area contributed by atoms with Crippen LogP contribution in [0.1, 0.15) is 28.5 Å². The molecule has 2 aliphatic heterocycles. The lowest BCUT2D eigenvalue weighted by molar-refractivity contribution is 0.0304. The average molecular weight is 459 g/mol. The Morgan fingerprint density at radius 2 is 1.97 bits per heavy atom. The average Bonchev–Trinajstić information content (AvgIpc) is 3.32. The van der Waals surface area contributed by atoms with E-state index in [9.17, 15) is 17.6 Å². The molecule has 0 aliphatic carbocycles. The van der Waals surface area contributed by atoms with Gasteiger partial charge in [-0.25, -0.2) is 22.5 Å². The molecule has 0 radical (unpaired) electrons. The van der Waals surface area contributed by atoms with Gasteiger partial charge in [0.05, 0.1) is 53.1 Å². The van der Waals surface area contributed by atoms with Gasteiger partial charge in [0.2, 0.25) is 0 Å². The fraction of sp³-hybridized carbons (Fsp3) is 0.409. The van der Waals surface area contributed by atoms with Gasteiger partial charge < -0.3 is 9.64 Å². The second-order valence-electron chi connectivity index (χ2n) is 8.22. The van der Waals surface area contributed by atoms with Crippen molar-refractivity contribution in [2.75, 3.05) is 37.8 Å². The van der Waals surface area contributed by atoms with Crippen LogP contribution in [0.25, 0.3) is 22.3 Å². The minimum atomic E-state index is -3.15. The summed E-state index contributed by atoms with van der Waals surface area (Å²) in [6.07, 6.45) is 0.427. The third-order valence-corrected chi connectivity index (χ3v) is 7.82. The lowest BCUT2D eigenvalue weighted by Crippen LogP contribution is -2.40. The van der Waals surface area contributed by atoms with E-state index in [0.29, 0.717) is 60.7 Å². The Balaban J connectivity index is 1.72. The number of fused-ring (bicyclic) bond motifs is 1. The molecular formula is C22H23FN4O4S. The van der Waals surface area contributed by atoms with Crippen molar-refractivity contribution in [2.45, 2.75) is 19.4 Å². The zero-order valence-corrected chi connectivity index (χ0v) is 18.4. The highest BCUT2D eigenvalue weighted by molar-refractivity contribution is 7.91. The summed E-state index contributed by atoms with van der Waals surface area (Å²) in [6, 6.07) is 7.50. The molecule has 32 heavy (non-hydrogen) atoms. The van der Waals surface area contributed by atoms with Crippen LogP contribution in [-0.4, -0.2) is 71.8 Å². The Kier molecular flexibility index (Phi) is 5.21. The zero-order chi connectivity index (χ0) is 22.5. The second-order valence-corrected chi connectivity index (χ2v) is 10.5. The van der Waals surface area contributed by atoms with Crippen molar-refractivity contribution in [1.29, 1.82) is 0 Å². The number of ether oxygens (including phenoxy) is 1. The Hall–Kier alpha value is -2.85. The third-order valence-electron chi connectivity index (χ3n) is 6.07. The number of rotatable bonds is 3. The van der Waals surface area contributed by atoms with Gasteiger partial charge in [-0.05, 0) is 31.5 Å². The predicted molar refractivity (Wildman–Crippen MR) is 117 cm³/mol. The van der Waals surface area contributed by atoms with E-state index in [1.54, 1.807) is 40.8 Å². The van der Waals surface area contributed by atoms with E-state index in [2.05, 4.69) is 10.1 Å². The summed E-state index contributed by atoms with van der Waals surface area (Å²) < 4.78 is 45.8. The molecule has 0 N–H and O–H groups in total. The van der Waals surface area contributed by atoms with Crippen LogP contribution in [0.5, 0.6) is 0 Å². The summed E-state index contributed by atoms with van der Waals surface area (Å²) in [6.45, 7) is 3.62. The molecular weight excluding hydrogens is 435 g/mol. The Morgan fingerprint density at radius 3 is 2.66 bits per heavy atom. The summed E-state index contributed by atoms with van der Waals surface area (Å²) in [5.74, 6) is -0.581. The molecule has 2 aliphatic rings. The van der Waals surface area contributed by atoms with E-state index in [1.807, 2.05) is 0 Å². The number of hydrogen-bond acceptors (Lipinski definition) is 6. The van der Waals surface area contributed by atoms with Crippen molar-refractivity contribution in [3.8, 4) is 11.3 Å². The molecule has 168 valence electrons. The second kappa shape index (κ2) is 7.93. The van der Waals surface area contributed by atoms with Crippen LogP contribution >= 0.6 is 0 Å². The highest BCUT2D eigenvalue weighted by Crippen LogP contribution is 2.33. The number of carbonyl (C=O) groups is 1. The van der Waals surface area contributed by atoms with Crippen LogP contribution in [0, 0.1) is 12.7 Å². The molecule has 2 fully saturated rings. The number of pyridine rings is 1. The number of amides is 1. The molecule has 2 saturated heterocycles. The maximum atomic E-state index is 14.6. The summed E-state index contributed by atoms with van der Waals surface area (Å²) >= 11 is 0. The maximum Gasteiger partial charge on any atom is 0.254 e. The molecule has 1 unspecified atom stereocenters. The first kappa shape index (κ1) is 21.0. The van der Waals surface area contributed by atoms with E-state index in [1.165, 1.54) is 6.07 Å². The molecule has 0 spiro atoms. The summed E-state index contributed by atoms with van der Waals surface area (Å²) in [5, 5.41) is 5.16. The van der Waals surface area contributed by atoms with Crippen LogP contribution in [0.15, 0.2) is 30.3 Å². The van der Waals surface area contributed by atoms with E-state index in [0.717, 1.165) is 0 Å². The first-order valence-corrected chi connectivity index (χ1v) is 12.4. The van der Waals surface area contributed by atoms with Crippen LogP contribution < -0.4 is 0 Å². The number of morpholine rings is 1. The van der Waals surface area contributed by atoms with E-state index in [4.69, 9.17) is 4.74 Å². The minimum absolute atomic E-state index is 0.0262. The van der Waals surface area contributed by atoms with Crippen molar-refractivity contribution < 1.29 is 22.3 Å². The molecule has 3 aromatic rings. The Bertz CT molecular complexity index is 1310.